The van der Waals surface area contributed by atoms with Crippen molar-refractivity contribution in [3.63, 3.8) is 0 Å². The fraction of sp³-hybridized carbons (Fsp3) is 0.304. The fourth-order valence-corrected chi connectivity index (χ4v) is 3.99. The Hall–Kier alpha value is -2.28. The molecule has 2 aromatic carbocycles. The Kier molecular flexibility index (Phi) is 5.67. The average molecular weight is 455 g/mol. The first kappa shape index (κ1) is 20.0. The minimum absolute atomic E-state index is 0.0424. The fourth-order valence-electron chi connectivity index (χ4n) is 3.72. The third-order valence-electron chi connectivity index (χ3n) is 5.33. The van der Waals surface area contributed by atoms with Crippen molar-refractivity contribution in [1.82, 2.24) is 9.78 Å². The topological polar surface area (TPSA) is 53.4 Å². The number of hydrogen-bond acceptors (Lipinski definition) is 4. The van der Waals surface area contributed by atoms with Crippen LogP contribution in [0.15, 0.2) is 69.9 Å². The summed E-state index contributed by atoms with van der Waals surface area (Å²) in [7, 11) is 1.64. The van der Waals surface area contributed by atoms with Gasteiger partial charge in [-0.15, -0.1) is 0 Å². The highest BCUT2D eigenvalue weighted by atomic mass is 79.9. The number of aryl methyl sites for hydroxylation is 2. The molecule has 1 atom stereocenters. The molecule has 1 aromatic heterocycles. The van der Waals surface area contributed by atoms with Crippen molar-refractivity contribution in [3.05, 3.63) is 97.9 Å². The van der Waals surface area contributed by atoms with Gasteiger partial charge in [0.1, 0.15) is 5.69 Å². The molecule has 1 unspecified atom stereocenters. The Morgan fingerprint density at radius 2 is 1.59 bits per heavy atom. The van der Waals surface area contributed by atoms with E-state index in [0.717, 1.165) is 4.47 Å². The number of hydrogen-bond donors (Lipinski definition) is 0. The van der Waals surface area contributed by atoms with E-state index in [9.17, 15) is 4.79 Å². The van der Waals surface area contributed by atoms with Gasteiger partial charge in [0.15, 0.2) is 0 Å². The van der Waals surface area contributed by atoms with Gasteiger partial charge in [0.2, 0.25) is 5.79 Å². The van der Waals surface area contributed by atoms with Crippen molar-refractivity contribution < 1.29 is 9.47 Å². The second-order valence-corrected chi connectivity index (χ2v) is 8.26. The maximum Gasteiger partial charge on any atom is 0.266 e. The average Bonchev–Trinajstić information content (AvgIpc) is 3.20. The van der Waals surface area contributed by atoms with E-state index in [1.54, 1.807) is 13.1 Å². The summed E-state index contributed by atoms with van der Waals surface area (Å²) in [6.45, 7) is 3.06. The summed E-state index contributed by atoms with van der Waals surface area (Å²) >= 11 is 3.52. The van der Waals surface area contributed by atoms with Gasteiger partial charge in [-0.25, -0.2) is 4.68 Å². The largest absolute Gasteiger partial charge is 0.342 e. The van der Waals surface area contributed by atoms with Gasteiger partial charge in [0.25, 0.3) is 5.56 Å². The summed E-state index contributed by atoms with van der Waals surface area (Å²) in [5.74, 6) is -0.950. The van der Waals surface area contributed by atoms with Crippen LogP contribution in [0.2, 0.25) is 0 Å². The lowest BCUT2D eigenvalue weighted by atomic mass is 9.84. The molecule has 0 radical (unpaired) electrons. The Labute approximate surface area is 178 Å². The van der Waals surface area contributed by atoms with E-state index in [4.69, 9.17) is 9.47 Å². The van der Waals surface area contributed by atoms with Crippen LogP contribution in [0.4, 0.5) is 0 Å². The highest BCUT2D eigenvalue weighted by Crippen LogP contribution is 2.42. The van der Waals surface area contributed by atoms with Crippen LogP contribution in [0.3, 0.4) is 0 Å². The molecule has 0 aliphatic carbocycles. The number of nitrogens with zero attached hydrogens (tertiary/aromatic N) is 2. The van der Waals surface area contributed by atoms with Crippen molar-refractivity contribution in [2.45, 2.75) is 25.0 Å². The van der Waals surface area contributed by atoms with Crippen LogP contribution in [0.25, 0.3) is 0 Å². The predicted molar refractivity (Wildman–Crippen MR) is 115 cm³/mol. The maximum atomic E-state index is 11.8. The summed E-state index contributed by atoms with van der Waals surface area (Å²) in [5, 5.41) is 4.44. The van der Waals surface area contributed by atoms with E-state index < -0.39 is 5.79 Å². The molecular formula is C23H23BrN2O3. The van der Waals surface area contributed by atoms with Gasteiger partial charge in [-0.1, -0.05) is 57.9 Å². The number of ether oxygens (including phenoxy) is 2. The van der Waals surface area contributed by atoms with Crippen LogP contribution < -0.4 is 5.56 Å². The Bertz CT molecular complexity index is 993. The summed E-state index contributed by atoms with van der Waals surface area (Å²) in [4.78, 5) is 11.8. The summed E-state index contributed by atoms with van der Waals surface area (Å²) in [5.41, 5.74) is 4.02. The van der Waals surface area contributed by atoms with E-state index in [1.165, 1.54) is 27.4 Å². The van der Waals surface area contributed by atoms with E-state index in [2.05, 4.69) is 64.4 Å². The van der Waals surface area contributed by atoms with Gasteiger partial charge in [-0.3, -0.25) is 4.79 Å². The smallest absolute Gasteiger partial charge is 0.266 e. The molecule has 150 valence electrons. The normalized spacial score (nSPS) is 16.7. The lowest BCUT2D eigenvalue weighted by molar-refractivity contribution is -0.176. The third-order valence-corrected chi connectivity index (χ3v) is 5.86. The SMILES string of the molecule is Cc1ccc(C(CC2(c3ccc(=O)n(C)n3)OCCO2)c2ccc(Br)cc2)cc1. The van der Waals surface area contributed by atoms with E-state index in [-0.39, 0.29) is 11.5 Å². The third kappa shape index (κ3) is 4.20. The molecule has 6 heteroatoms. The quantitative estimate of drug-likeness (QED) is 0.577. The second-order valence-electron chi connectivity index (χ2n) is 7.35. The molecule has 1 aliphatic rings. The van der Waals surface area contributed by atoms with Gasteiger partial charge in [-0.05, 0) is 36.2 Å². The molecule has 4 rings (SSSR count). The Balaban J connectivity index is 1.78. The molecule has 0 bridgehead atoms. The number of benzene rings is 2. The molecule has 3 aromatic rings. The number of aromatic nitrogens is 2. The molecule has 1 saturated heterocycles. The lowest BCUT2D eigenvalue weighted by Crippen LogP contribution is -2.34. The molecule has 1 aliphatic heterocycles. The zero-order chi connectivity index (χ0) is 20.4. The molecule has 0 spiro atoms. The van der Waals surface area contributed by atoms with Gasteiger partial charge < -0.3 is 9.47 Å². The highest BCUT2D eigenvalue weighted by molar-refractivity contribution is 9.10. The van der Waals surface area contributed by atoms with Crippen LogP contribution in [0.1, 0.15) is 34.7 Å². The zero-order valence-corrected chi connectivity index (χ0v) is 18.1. The minimum atomic E-state index is -0.992. The van der Waals surface area contributed by atoms with Crippen molar-refractivity contribution in [2.24, 2.45) is 7.05 Å². The summed E-state index contributed by atoms with van der Waals surface area (Å²) < 4.78 is 14.6. The molecule has 0 amide bonds. The monoisotopic (exact) mass is 454 g/mol. The van der Waals surface area contributed by atoms with Crippen molar-refractivity contribution >= 4 is 15.9 Å². The second kappa shape index (κ2) is 8.22. The first-order valence-corrected chi connectivity index (χ1v) is 10.4. The molecule has 2 heterocycles. The zero-order valence-electron chi connectivity index (χ0n) is 16.5. The lowest BCUT2D eigenvalue weighted by Gasteiger charge is -2.31. The van der Waals surface area contributed by atoms with E-state index >= 15 is 0 Å². The van der Waals surface area contributed by atoms with E-state index in [0.29, 0.717) is 25.3 Å². The van der Waals surface area contributed by atoms with Gasteiger partial charge in [0, 0.05) is 29.9 Å². The van der Waals surface area contributed by atoms with Crippen LogP contribution in [0.5, 0.6) is 0 Å². The van der Waals surface area contributed by atoms with Crippen molar-refractivity contribution in [1.29, 1.82) is 0 Å². The highest BCUT2D eigenvalue weighted by Gasteiger charge is 2.43. The predicted octanol–water partition coefficient (Wildman–Crippen LogP) is 4.27. The van der Waals surface area contributed by atoms with Crippen LogP contribution >= 0.6 is 15.9 Å². The Morgan fingerprint density at radius 1 is 1.00 bits per heavy atom. The molecule has 1 fully saturated rings. The van der Waals surface area contributed by atoms with E-state index in [1.807, 2.05) is 12.1 Å². The number of halogens is 1. The van der Waals surface area contributed by atoms with Crippen molar-refractivity contribution in [2.75, 3.05) is 13.2 Å². The van der Waals surface area contributed by atoms with Gasteiger partial charge in [-0.2, -0.15) is 5.10 Å². The van der Waals surface area contributed by atoms with Crippen LogP contribution in [-0.2, 0) is 22.3 Å². The van der Waals surface area contributed by atoms with Crippen molar-refractivity contribution in [3.8, 4) is 0 Å². The van der Waals surface area contributed by atoms with Crippen LogP contribution in [-0.4, -0.2) is 23.0 Å². The maximum absolute atomic E-state index is 11.8. The molecule has 0 saturated carbocycles. The minimum Gasteiger partial charge on any atom is -0.342 e. The number of rotatable bonds is 5. The molecule has 29 heavy (non-hydrogen) atoms. The standard InChI is InChI=1S/C23H23BrN2O3/c1-16-3-5-17(6-4-16)20(18-7-9-19(24)10-8-18)15-23(28-13-14-29-23)21-11-12-22(27)26(2)25-21/h3-12,20H,13-15H2,1-2H3. The van der Waals surface area contributed by atoms with Gasteiger partial charge in [0.05, 0.1) is 13.2 Å². The summed E-state index contributed by atoms with van der Waals surface area (Å²) in [6, 6.07) is 20.1. The summed E-state index contributed by atoms with van der Waals surface area (Å²) in [6.07, 6.45) is 0.558. The van der Waals surface area contributed by atoms with Gasteiger partial charge >= 0.3 is 0 Å². The molecule has 0 N–H and O–H groups in total. The molecule has 5 nitrogen and oxygen atoms in total. The first-order valence-electron chi connectivity index (χ1n) is 9.62. The Morgan fingerprint density at radius 3 is 2.17 bits per heavy atom. The van der Waals surface area contributed by atoms with Crippen LogP contribution in [0, 0.1) is 6.92 Å². The molecular weight excluding hydrogens is 432 g/mol. The first-order chi connectivity index (χ1) is 14.0.